The Hall–Kier alpha value is -1.43. The molecular formula is C11H14F3NO2. The third-order valence-corrected chi connectivity index (χ3v) is 2.26. The van der Waals surface area contributed by atoms with Crippen LogP contribution in [0.5, 0.6) is 11.5 Å². The lowest BCUT2D eigenvalue weighted by Crippen LogP contribution is -2.35. The zero-order valence-electron chi connectivity index (χ0n) is 9.33. The van der Waals surface area contributed by atoms with E-state index in [1.807, 2.05) is 0 Å². The number of halogens is 3. The molecule has 1 atom stereocenters. The van der Waals surface area contributed by atoms with Crippen molar-refractivity contribution >= 4 is 0 Å². The van der Waals surface area contributed by atoms with Gasteiger partial charge in [-0.1, -0.05) is 12.1 Å². The summed E-state index contributed by atoms with van der Waals surface area (Å²) in [6, 6.07) is 6.52. The minimum Gasteiger partial charge on any atom is -0.493 e. The van der Waals surface area contributed by atoms with Crippen LogP contribution in [0, 0.1) is 5.92 Å². The van der Waals surface area contributed by atoms with Crippen LogP contribution in [0.1, 0.15) is 0 Å². The normalized spacial score (nSPS) is 13.2. The fraction of sp³-hybridized carbons (Fsp3) is 0.455. The fourth-order valence-electron chi connectivity index (χ4n) is 1.22. The summed E-state index contributed by atoms with van der Waals surface area (Å²) in [5, 5.41) is 0. The fourth-order valence-corrected chi connectivity index (χ4v) is 1.22. The minimum atomic E-state index is -4.35. The van der Waals surface area contributed by atoms with Crippen LogP contribution in [-0.2, 0) is 0 Å². The Morgan fingerprint density at radius 3 is 2.29 bits per heavy atom. The molecule has 1 unspecified atom stereocenters. The first kappa shape index (κ1) is 13.6. The molecule has 0 saturated carbocycles. The van der Waals surface area contributed by atoms with Crippen molar-refractivity contribution in [3.63, 3.8) is 0 Å². The second kappa shape index (κ2) is 5.77. The van der Waals surface area contributed by atoms with Crippen LogP contribution in [0.15, 0.2) is 24.3 Å². The summed E-state index contributed by atoms with van der Waals surface area (Å²) in [4.78, 5) is 0. The Morgan fingerprint density at radius 1 is 1.24 bits per heavy atom. The average molecular weight is 249 g/mol. The molecule has 0 aliphatic rings. The van der Waals surface area contributed by atoms with Crippen LogP contribution >= 0.6 is 0 Å². The van der Waals surface area contributed by atoms with Gasteiger partial charge in [-0.15, -0.1) is 0 Å². The van der Waals surface area contributed by atoms with Crippen LogP contribution < -0.4 is 15.2 Å². The number of alkyl halides is 3. The lowest BCUT2D eigenvalue weighted by Gasteiger charge is -2.19. The van der Waals surface area contributed by atoms with E-state index in [4.69, 9.17) is 15.2 Å². The van der Waals surface area contributed by atoms with Gasteiger partial charge in [0, 0.05) is 6.54 Å². The van der Waals surface area contributed by atoms with E-state index in [1.165, 1.54) is 7.11 Å². The summed E-state index contributed by atoms with van der Waals surface area (Å²) in [6.07, 6.45) is -4.35. The maximum absolute atomic E-state index is 12.4. The van der Waals surface area contributed by atoms with Crippen molar-refractivity contribution in [2.24, 2.45) is 11.7 Å². The van der Waals surface area contributed by atoms with Gasteiger partial charge < -0.3 is 15.2 Å². The first-order chi connectivity index (χ1) is 7.99. The highest BCUT2D eigenvalue weighted by molar-refractivity contribution is 5.39. The molecule has 3 nitrogen and oxygen atoms in total. The first-order valence-electron chi connectivity index (χ1n) is 5.01. The van der Waals surface area contributed by atoms with E-state index < -0.39 is 25.2 Å². The highest BCUT2D eigenvalue weighted by Gasteiger charge is 2.39. The van der Waals surface area contributed by atoms with Gasteiger partial charge in [0.1, 0.15) is 12.5 Å². The Bertz CT molecular complexity index is 355. The van der Waals surface area contributed by atoms with E-state index in [0.29, 0.717) is 5.75 Å². The topological polar surface area (TPSA) is 44.5 Å². The number of methoxy groups -OCH3 is 1. The Balaban J connectivity index is 2.66. The minimum absolute atomic E-state index is 0.276. The quantitative estimate of drug-likeness (QED) is 0.870. The Labute approximate surface area is 97.3 Å². The molecule has 1 aromatic carbocycles. The maximum Gasteiger partial charge on any atom is 0.396 e. The van der Waals surface area contributed by atoms with Crippen molar-refractivity contribution in [3.8, 4) is 11.5 Å². The van der Waals surface area contributed by atoms with Gasteiger partial charge in [-0.05, 0) is 12.1 Å². The average Bonchev–Trinajstić information content (AvgIpc) is 2.28. The Kier molecular flexibility index (Phi) is 4.62. The van der Waals surface area contributed by atoms with Crippen LogP contribution in [0.2, 0.25) is 0 Å². The zero-order chi connectivity index (χ0) is 12.9. The van der Waals surface area contributed by atoms with E-state index in [2.05, 4.69) is 0 Å². The second-order valence-corrected chi connectivity index (χ2v) is 3.44. The van der Waals surface area contributed by atoms with Crippen molar-refractivity contribution in [1.82, 2.24) is 0 Å². The molecule has 0 aliphatic carbocycles. The molecule has 96 valence electrons. The van der Waals surface area contributed by atoms with Gasteiger partial charge in [0.25, 0.3) is 0 Å². The van der Waals surface area contributed by atoms with Gasteiger partial charge >= 0.3 is 6.18 Å². The molecule has 0 fully saturated rings. The molecule has 0 spiro atoms. The molecule has 0 saturated heterocycles. The van der Waals surface area contributed by atoms with Gasteiger partial charge in [-0.2, -0.15) is 13.2 Å². The number of benzene rings is 1. The van der Waals surface area contributed by atoms with Crippen molar-refractivity contribution in [3.05, 3.63) is 24.3 Å². The predicted octanol–water partition coefficient (Wildman–Crippen LogP) is 2.21. The van der Waals surface area contributed by atoms with E-state index >= 15 is 0 Å². The van der Waals surface area contributed by atoms with Crippen LogP contribution in [0.4, 0.5) is 13.2 Å². The monoisotopic (exact) mass is 249 g/mol. The molecule has 1 aromatic rings. The van der Waals surface area contributed by atoms with Gasteiger partial charge in [0.05, 0.1) is 7.11 Å². The molecule has 0 radical (unpaired) electrons. The largest absolute Gasteiger partial charge is 0.493 e. The predicted molar refractivity (Wildman–Crippen MR) is 57.1 cm³/mol. The summed E-state index contributed by atoms with van der Waals surface area (Å²) in [5.41, 5.74) is 5.06. The summed E-state index contributed by atoms with van der Waals surface area (Å²) in [6.45, 7) is -1.01. The van der Waals surface area contributed by atoms with E-state index in [9.17, 15) is 13.2 Å². The first-order valence-corrected chi connectivity index (χ1v) is 5.01. The van der Waals surface area contributed by atoms with E-state index in [1.54, 1.807) is 24.3 Å². The molecule has 0 aromatic heterocycles. The molecule has 0 aliphatic heterocycles. The van der Waals surface area contributed by atoms with E-state index in [-0.39, 0.29) is 5.75 Å². The van der Waals surface area contributed by atoms with Gasteiger partial charge in [-0.3, -0.25) is 0 Å². The highest BCUT2D eigenvalue weighted by Crippen LogP contribution is 2.29. The van der Waals surface area contributed by atoms with Gasteiger partial charge in [0.15, 0.2) is 11.5 Å². The van der Waals surface area contributed by atoms with Crippen molar-refractivity contribution < 1.29 is 22.6 Å². The summed E-state index contributed by atoms with van der Waals surface area (Å²) in [5.74, 6) is -1.00. The molecule has 0 heterocycles. The summed E-state index contributed by atoms with van der Waals surface area (Å²) in [7, 11) is 1.42. The van der Waals surface area contributed by atoms with Crippen LogP contribution in [-0.4, -0.2) is 26.4 Å². The van der Waals surface area contributed by atoms with Crippen molar-refractivity contribution in [1.29, 1.82) is 0 Å². The van der Waals surface area contributed by atoms with Crippen LogP contribution in [0.3, 0.4) is 0 Å². The Morgan fingerprint density at radius 2 is 1.82 bits per heavy atom. The number of hydrogen-bond acceptors (Lipinski definition) is 3. The third-order valence-electron chi connectivity index (χ3n) is 2.26. The zero-order valence-corrected chi connectivity index (χ0v) is 9.33. The molecule has 0 amide bonds. The van der Waals surface area contributed by atoms with E-state index in [0.717, 1.165) is 0 Å². The molecule has 1 rings (SSSR count). The number of rotatable bonds is 5. The number of ether oxygens (including phenoxy) is 2. The number of hydrogen-bond donors (Lipinski definition) is 1. The van der Waals surface area contributed by atoms with Crippen molar-refractivity contribution in [2.75, 3.05) is 20.3 Å². The molecule has 2 N–H and O–H groups in total. The molecule has 17 heavy (non-hydrogen) atoms. The second-order valence-electron chi connectivity index (χ2n) is 3.44. The van der Waals surface area contributed by atoms with Gasteiger partial charge in [-0.25, -0.2) is 0 Å². The van der Waals surface area contributed by atoms with Crippen molar-refractivity contribution in [2.45, 2.75) is 6.18 Å². The van der Waals surface area contributed by atoms with Gasteiger partial charge in [0.2, 0.25) is 0 Å². The summed E-state index contributed by atoms with van der Waals surface area (Å²) < 4.78 is 47.3. The lowest BCUT2D eigenvalue weighted by molar-refractivity contribution is -0.178. The molecule has 6 heteroatoms. The SMILES string of the molecule is COc1ccccc1OCC(CN)C(F)(F)F. The molecule has 0 bridgehead atoms. The standard InChI is InChI=1S/C11H14F3NO2/c1-16-9-4-2-3-5-10(9)17-7-8(6-15)11(12,13)14/h2-5,8H,6-7,15H2,1H3. The van der Waals surface area contributed by atoms with Crippen LogP contribution in [0.25, 0.3) is 0 Å². The third kappa shape index (κ3) is 3.81. The smallest absolute Gasteiger partial charge is 0.396 e. The number of nitrogens with two attached hydrogens (primary N) is 1. The maximum atomic E-state index is 12.4. The molecular weight excluding hydrogens is 235 g/mol. The number of para-hydroxylation sites is 2. The highest BCUT2D eigenvalue weighted by atomic mass is 19.4. The lowest BCUT2D eigenvalue weighted by atomic mass is 10.1. The summed E-state index contributed by atoms with van der Waals surface area (Å²) >= 11 is 0.